The summed E-state index contributed by atoms with van der Waals surface area (Å²) in [6, 6.07) is 13.6. The molecule has 0 heterocycles. The van der Waals surface area contributed by atoms with Crippen LogP contribution in [0.5, 0.6) is 5.75 Å². The standard InChI is InChI=1S/C26H33NO4/c1-3-19(26(29)30)15-18-9-14-24(31-2)23(16-18)17-27-25(28)22-12-10-21(11-13-22)20-7-5-4-6-8-20/h9-14,16,19-20H,3-8,15,17H2,1-2H3,(H,27,28)(H,29,30)/t19-/m0/s1. The first-order valence-corrected chi connectivity index (χ1v) is 11.3. The van der Waals surface area contributed by atoms with Crippen LogP contribution in [0.3, 0.4) is 0 Å². The average molecular weight is 424 g/mol. The maximum atomic E-state index is 12.7. The Bertz CT molecular complexity index is 885. The van der Waals surface area contributed by atoms with E-state index >= 15 is 0 Å². The van der Waals surface area contributed by atoms with Crippen molar-refractivity contribution in [3.8, 4) is 5.75 Å². The van der Waals surface area contributed by atoms with E-state index in [0.29, 0.717) is 36.6 Å². The van der Waals surface area contributed by atoms with Gasteiger partial charge >= 0.3 is 5.97 Å². The SMILES string of the molecule is CC[C@@H](Cc1ccc(OC)c(CNC(=O)c2ccc(C3CCCCC3)cc2)c1)C(=O)O. The van der Waals surface area contributed by atoms with Gasteiger partial charge in [0.2, 0.25) is 0 Å². The van der Waals surface area contributed by atoms with Crippen LogP contribution >= 0.6 is 0 Å². The number of nitrogens with one attached hydrogen (secondary N) is 1. The molecule has 1 fully saturated rings. The van der Waals surface area contributed by atoms with Crippen LogP contribution in [-0.4, -0.2) is 24.1 Å². The summed E-state index contributed by atoms with van der Waals surface area (Å²) >= 11 is 0. The van der Waals surface area contributed by atoms with Crippen molar-refractivity contribution in [3.05, 3.63) is 64.7 Å². The minimum atomic E-state index is -0.787. The third-order valence-corrected chi connectivity index (χ3v) is 6.36. The van der Waals surface area contributed by atoms with Gasteiger partial charge in [0.25, 0.3) is 5.91 Å². The van der Waals surface area contributed by atoms with E-state index in [0.717, 1.165) is 11.1 Å². The van der Waals surface area contributed by atoms with E-state index in [2.05, 4.69) is 17.4 Å². The summed E-state index contributed by atoms with van der Waals surface area (Å²) in [7, 11) is 1.59. The Hall–Kier alpha value is -2.82. The zero-order chi connectivity index (χ0) is 22.2. The molecule has 1 aliphatic carbocycles. The molecule has 5 nitrogen and oxygen atoms in total. The molecule has 3 rings (SSSR count). The third-order valence-electron chi connectivity index (χ3n) is 6.36. The second kappa shape index (κ2) is 11.0. The van der Waals surface area contributed by atoms with Crippen LogP contribution in [0.15, 0.2) is 42.5 Å². The fourth-order valence-corrected chi connectivity index (χ4v) is 4.41. The fraction of sp³-hybridized carbons (Fsp3) is 0.462. The molecule has 0 unspecified atom stereocenters. The summed E-state index contributed by atoms with van der Waals surface area (Å²) in [6.45, 7) is 2.20. The highest BCUT2D eigenvalue weighted by atomic mass is 16.5. The Morgan fingerprint density at radius 1 is 1.10 bits per heavy atom. The number of aliphatic carboxylic acids is 1. The molecule has 2 aromatic carbocycles. The molecular weight excluding hydrogens is 390 g/mol. The normalized spacial score (nSPS) is 15.3. The molecule has 0 radical (unpaired) electrons. The van der Waals surface area contributed by atoms with Crippen LogP contribution in [0, 0.1) is 5.92 Å². The average Bonchev–Trinajstić information content (AvgIpc) is 2.81. The molecule has 0 aromatic heterocycles. The van der Waals surface area contributed by atoms with Gasteiger partial charge in [-0.25, -0.2) is 0 Å². The van der Waals surface area contributed by atoms with Crippen LogP contribution in [0.2, 0.25) is 0 Å². The first-order valence-electron chi connectivity index (χ1n) is 11.3. The number of carbonyl (C=O) groups excluding carboxylic acids is 1. The first-order chi connectivity index (χ1) is 15.0. The van der Waals surface area contributed by atoms with Crippen molar-refractivity contribution in [2.45, 2.75) is 64.3 Å². The molecule has 1 aliphatic rings. The summed E-state index contributed by atoms with van der Waals surface area (Å²) < 4.78 is 5.43. The summed E-state index contributed by atoms with van der Waals surface area (Å²) in [5.41, 5.74) is 3.74. The molecule has 0 saturated heterocycles. The zero-order valence-corrected chi connectivity index (χ0v) is 18.5. The van der Waals surface area contributed by atoms with Crippen LogP contribution in [0.25, 0.3) is 0 Å². The highest BCUT2D eigenvalue weighted by Crippen LogP contribution is 2.32. The maximum absolute atomic E-state index is 12.7. The lowest BCUT2D eigenvalue weighted by Crippen LogP contribution is -2.23. The molecule has 0 aliphatic heterocycles. The van der Waals surface area contributed by atoms with E-state index in [-0.39, 0.29) is 5.91 Å². The zero-order valence-electron chi connectivity index (χ0n) is 18.5. The van der Waals surface area contributed by atoms with Gasteiger partial charge in [0, 0.05) is 17.7 Å². The van der Waals surface area contributed by atoms with Crippen LogP contribution in [0.1, 0.15) is 78.4 Å². The number of hydrogen-bond acceptors (Lipinski definition) is 3. The number of rotatable bonds is 9. The lowest BCUT2D eigenvalue weighted by Gasteiger charge is -2.22. The van der Waals surface area contributed by atoms with Crippen molar-refractivity contribution in [2.24, 2.45) is 5.92 Å². The van der Waals surface area contributed by atoms with Gasteiger partial charge in [-0.1, -0.05) is 50.5 Å². The Morgan fingerprint density at radius 3 is 2.42 bits per heavy atom. The molecule has 1 atom stereocenters. The molecule has 1 amide bonds. The van der Waals surface area contributed by atoms with E-state index < -0.39 is 11.9 Å². The summed E-state index contributed by atoms with van der Waals surface area (Å²) in [5, 5.41) is 12.3. The summed E-state index contributed by atoms with van der Waals surface area (Å²) in [6.07, 6.45) is 7.42. The van der Waals surface area contributed by atoms with E-state index in [1.165, 1.54) is 37.7 Å². The molecule has 31 heavy (non-hydrogen) atoms. The lowest BCUT2D eigenvalue weighted by atomic mass is 9.84. The van der Waals surface area contributed by atoms with E-state index in [1.54, 1.807) is 7.11 Å². The van der Waals surface area contributed by atoms with E-state index in [1.807, 2.05) is 37.3 Å². The number of carbonyl (C=O) groups is 2. The first kappa shape index (κ1) is 22.9. The number of ether oxygens (including phenoxy) is 1. The summed E-state index contributed by atoms with van der Waals surface area (Å²) in [5.74, 6) is -0.0290. The number of hydrogen-bond donors (Lipinski definition) is 2. The lowest BCUT2D eigenvalue weighted by molar-refractivity contribution is -0.141. The minimum absolute atomic E-state index is 0.125. The van der Waals surface area contributed by atoms with Gasteiger partial charge in [0.1, 0.15) is 5.75 Å². The van der Waals surface area contributed by atoms with Crippen molar-refractivity contribution in [2.75, 3.05) is 7.11 Å². The number of amides is 1. The van der Waals surface area contributed by atoms with Crippen molar-refractivity contribution in [1.29, 1.82) is 0 Å². The van der Waals surface area contributed by atoms with Gasteiger partial charge < -0.3 is 15.2 Å². The number of carboxylic acid groups (broad SMARTS) is 1. The highest BCUT2D eigenvalue weighted by Gasteiger charge is 2.18. The Labute approximate surface area is 184 Å². The maximum Gasteiger partial charge on any atom is 0.306 e. The topological polar surface area (TPSA) is 75.6 Å². The van der Waals surface area contributed by atoms with Gasteiger partial charge in [-0.2, -0.15) is 0 Å². The third kappa shape index (κ3) is 6.09. The molecule has 5 heteroatoms. The second-order valence-electron chi connectivity index (χ2n) is 8.43. The molecule has 166 valence electrons. The Kier molecular flexibility index (Phi) is 8.10. The Balaban J connectivity index is 1.64. The molecule has 1 saturated carbocycles. The largest absolute Gasteiger partial charge is 0.496 e. The molecule has 2 aromatic rings. The monoisotopic (exact) mass is 423 g/mol. The number of benzene rings is 2. The minimum Gasteiger partial charge on any atom is -0.496 e. The van der Waals surface area contributed by atoms with Crippen LogP contribution < -0.4 is 10.1 Å². The van der Waals surface area contributed by atoms with Gasteiger partial charge in [-0.3, -0.25) is 9.59 Å². The van der Waals surface area contributed by atoms with E-state index in [4.69, 9.17) is 4.74 Å². The van der Waals surface area contributed by atoms with Crippen molar-refractivity contribution in [1.82, 2.24) is 5.32 Å². The number of carboxylic acids is 1. The quantitative estimate of drug-likeness (QED) is 0.572. The predicted octanol–water partition coefficient (Wildman–Crippen LogP) is 5.33. The van der Waals surface area contributed by atoms with Gasteiger partial charge in [-0.05, 0) is 60.9 Å². The van der Waals surface area contributed by atoms with Gasteiger partial charge in [0.05, 0.1) is 13.0 Å². The molecule has 0 bridgehead atoms. The second-order valence-corrected chi connectivity index (χ2v) is 8.43. The van der Waals surface area contributed by atoms with E-state index in [9.17, 15) is 14.7 Å². The molecular formula is C26H33NO4. The molecule has 0 spiro atoms. The van der Waals surface area contributed by atoms with Crippen molar-refractivity contribution < 1.29 is 19.4 Å². The van der Waals surface area contributed by atoms with Crippen LogP contribution in [0.4, 0.5) is 0 Å². The fourth-order valence-electron chi connectivity index (χ4n) is 4.41. The van der Waals surface area contributed by atoms with Gasteiger partial charge in [-0.15, -0.1) is 0 Å². The Morgan fingerprint density at radius 2 is 1.81 bits per heavy atom. The number of methoxy groups -OCH3 is 1. The van der Waals surface area contributed by atoms with Crippen molar-refractivity contribution in [3.63, 3.8) is 0 Å². The smallest absolute Gasteiger partial charge is 0.306 e. The van der Waals surface area contributed by atoms with Crippen LogP contribution in [-0.2, 0) is 17.8 Å². The summed E-state index contributed by atoms with van der Waals surface area (Å²) in [4.78, 5) is 24.0. The van der Waals surface area contributed by atoms with Crippen molar-refractivity contribution >= 4 is 11.9 Å². The molecule has 2 N–H and O–H groups in total. The predicted molar refractivity (Wildman–Crippen MR) is 122 cm³/mol. The van der Waals surface area contributed by atoms with Gasteiger partial charge in [0.15, 0.2) is 0 Å². The highest BCUT2D eigenvalue weighted by molar-refractivity contribution is 5.94.